The van der Waals surface area contributed by atoms with Crippen LogP contribution in [0.25, 0.3) is 5.69 Å². The molecule has 0 amide bonds. The van der Waals surface area contributed by atoms with E-state index in [1.54, 1.807) is 23.7 Å². The minimum atomic E-state index is -0.312. The van der Waals surface area contributed by atoms with E-state index in [0.29, 0.717) is 18.7 Å². The SMILES string of the molecule is CCOC(=O)c1ccc(-n2cc(CN)c(C)n2)cc1. The number of nitrogens with zero attached hydrogens (tertiary/aromatic N) is 2. The fourth-order valence-corrected chi connectivity index (χ4v) is 1.79. The molecule has 1 aromatic heterocycles. The van der Waals surface area contributed by atoms with Crippen LogP contribution in [0, 0.1) is 6.92 Å². The molecule has 2 aromatic rings. The van der Waals surface area contributed by atoms with Crippen LogP contribution in [0.15, 0.2) is 30.5 Å². The molecule has 0 saturated carbocycles. The Hall–Kier alpha value is -2.14. The number of aromatic nitrogens is 2. The summed E-state index contributed by atoms with van der Waals surface area (Å²) in [7, 11) is 0. The number of rotatable bonds is 4. The van der Waals surface area contributed by atoms with Gasteiger partial charge < -0.3 is 10.5 Å². The van der Waals surface area contributed by atoms with Gasteiger partial charge in [0.1, 0.15) is 0 Å². The highest BCUT2D eigenvalue weighted by Gasteiger charge is 2.08. The van der Waals surface area contributed by atoms with E-state index in [4.69, 9.17) is 10.5 Å². The highest BCUT2D eigenvalue weighted by atomic mass is 16.5. The van der Waals surface area contributed by atoms with Gasteiger partial charge in [-0.05, 0) is 38.1 Å². The first-order valence-corrected chi connectivity index (χ1v) is 6.18. The van der Waals surface area contributed by atoms with Gasteiger partial charge in [-0.3, -0.25) is 0 Å². The normalized spacial score (nSPS) is 10.5. The molecule has 0 spiro atoms. The summed E-state index contributed by atoms with van der Waals surface area (Å²) in [4.78, 5) is 11.5. The predicted octanol–water partition coefficient (Wildman–Crippen LogP) is 1.82. The highest BCUT2D eigenvalue weighted by Crippen LogP contribution is 2.13. The fraction of sp³-hybridized carbons (Fsp3) is 0.286. The molecule has 0 aliphatic rings. The summed E-state index contributed by atoms with van der Waals surface area (Å²) in [6.07, 6.45) is 1.90. The van der Waals surface area contributed by atoms with Crippen LogP contribution < -0.4 is 5.73 Å². The van der Waals surface area contributed by atoms with Crippen molar-refractivity contribution >= 4 is 5.97 Å². The Balaban J connectivity index is 2.24. The lowest BCUT2D eigenvalue weighted by Crippen LogP contribution is -2.05. The number of nitrogens with two attached hydrogens (primary N) is 1. The summed E-state index contributed by atoms with van der Waals surface area (Å²) in [5, 5.41) is 4.38. The Morgan fingerprint density at radius 2 is 2.05 bits per heavy atom. The maximum atomic E-state index is 11.5. The van der Waals surface area contributed by atoms with Gasteiger partial charge in [0, 0.05) is 18.3 Å². The maximum absolute atomic E-state index is 11.5. The van der Waals surface area contributed by atoms with Crippen LogP contribution in [0.4, 0.5) is 0 Å². The molecule has 0 saturated heterocycles. The number of hydrogen-bond acceptors (Lipinski definition) is 4. The molecule has 100 valence electrons. The van der Waals surface area contributed by atoms with E-state index in [2.05, 4.69) is 5.10 Å². The lowest BCUT2D eigenvalue weighted by molar-refractivity contribution is 0.0526. The van der Waals surface area contributed by atoms with Gasteiger partial charge in [0.25, 0.3) is 0 Å². The third-order valence-electron chi connectivity index (χ3n) is 2.86. The van der Waals surface area contributed by atoms with Crippen molar-refractivity contribution in [2.24, 2.45) is 5.73 Å². The van der Waals surface area contributed by atoms with Gasteiger partial charge in [0.2, 0.25) is 0 Å². The minimum Gasteiger partial charge on any atom is -0.462 e. The number of hydrogen-bond donors (Lipinski definition) is 1. The molecule has 0 atom stereocenters. The van der Waals surface area contributed by atoms with Crippen molar-refractivity contribution in [1.29, 1.82) is 0 Å². The predicted molar refractivity (Wildman–Crippen MR) is 72.1 cm³/mol. The molecule has 0 unspecified atom stereocenters. The summed E-state index contributed by atoms with van der Waals surface area (Å²) < 4.78 is 6.69. The molecule has 0 radical (unpaired) electrons. The lowest BCUT2D eigenvalue weighted by atomic mass is 10.2. The summed E-state index contributed by atoms with van der Waals surface area (Å²) in [6.45, 7) is 4.55. The van der Waals surface area contributed by atoms with E-state index >= 15 is 0 Å². The van der Waals surface area contributed by atoms with E-state index in [1.807, 2.05) is 25.3 Å². The first kappa shape index (κ1) is 13.3. The van der Waals surface area contributed by atoms with Gasteiger partial charge >= 0.3 is 5.97 Å². The van der Waals surface area contributed by atoms with Crippen LogP contribution in [0.2, 0.25) is 0 Å². The summed E-state index contributed by atoms with van der Waals surface area (Å²) in [5.41, 5.74) is 8.97. The Kier molecular flexibility index (Phi) is 3.97. The van der Waals surface area contributed by atoms with E-state index in [-0.39, 0.29) is 5.97 Å². The highest BCUT2D eigenvalue weighted by molar-refractivity contribution is 5.89. The monoisotopic (exact) mass is 259 g/mol. The van der Waals surface area contributed by atoms with Crippen LogP contribution in [-0.4, -0.2) is 22.4 Å². The van der Waals surface area contributed by atoms with E-state index < -0.39 is 0 Å². The van der Waals surface area contributed by atoms with Gasteiger partial charge in [-0.2, -0.15) is 5.10 Å². The summed E-state index contributed by atoms with van der Waals surface area (Å²) >= 11 is 0. The standard InChI is InChI=1S/C14H17N3O2/c1-3-19-14(18)11-4-6-13(7-5-11)17-9-12(8-15)10(2)16-17/h4-7,9H,3,8,15H2,1-2H3. The Morgan fingerprint density at radius 3 is 2.58 bits per heavy atom. The average Bonchev–Trinajstić information content (AvgIpc) is 2.80. The van der Waals surface area contributed by atoms with Crippen LogP contribution in [-0.2, 0) is 11.3 Å². The largest absolute Gasteiger partial charge is 0.462 e. The molecule has 19 heavy (non-hydrogen) atoms. The third-order valence-corrected chi connectivity index (χ3v) is 2.86. The molecule has 1 aromatic carbocycles. The van der Waals surface area contributed by atoms with Crippen molar-refractivity contribution in [1.82, 2.24) is 9.78 Å². The zero-order valence-corrected chi connectivity index (χ0v) is 11.1. The van der Waals surface area contributed by atoms with Crippen LogP contribution in [0.1, 0.15) is 28.5 Å². The lowest BCUT2D eigenvalue weighted by Gasteiger charge is -2.04. The number of ether oxygens (including phenoxy) is 1. The van der Waals surface area contributed by atoms with Crippen molar-refractivity contribution in [3.8, 4) is 5.69 Å². The zero-order valence-electron chi connectivity index (χ0n) is 11.1. The molecule has 2 N–H and O–H groups in total. The second-order valence-electron chi connectivity index (χ2n) is 4.16. The Bertz CT molecular complexity index is 573. The minimum absolute atomic E-state index is 0.312. The van der Waals surface area contributed by atoms with Gasteiger partial charge in [-0.25, -0.2) is 9.48 Å². The summed E-state index contributed by atoms with van der Waals surface area (Å²) in [6, 6.07) is 7.12. The molecule has 0 aliphatic heterocycles. The average molecular weight is 259 g/mol. The van der Waals surface area contributed by atoms with Crippen molar-refractivity contribution in [3.63, 3.8) is 0 Å². The van der Waals surface area contributed by atoms with Crippen LogP contribution in [0.3, 0.4) is 0 Å². The number of carbonyl (C=O) groups excluding carboxylic acids is 1. The second kappa shape index (κ2) is 5.67. The first-order valence-electron chi connectivity index (χ1n) is 6.18. The molecule has 2 rings (SSSR count). The van der Waals surface area contributed by atoms with Gasteiger partial charge in [-0.1, -0.05) is 0 Å². The maximum Gasteiger partial charge on any atom is 0.338 e. The molecule has 1 heterocycles. The molecular weight excluding hydrogens is 242 g/mol. The van der Waals surface area contributed by atoms with E-state index in [0.717, 1.165) is 16.9 Å². The zero-order chi connectivity index (χ0) is 13.8. The Morgan fingerprint density at radius 1 is 1.37 bits per heavy atom. The Labute approximate surface area is 112 Å². The number of benzene rings is 1. The molecule has 0 fully saturated rings. The number of esters is 1. The van der Waals surface area contributed by atoms with Gasteiger partial charge in [0.15, 0.2) is 0 Å². The van der Waals surface area contributed by atoms with Crippen LogP contribution in [0.5, 0.6) is 0 Å². The van der Waals surface area contributed by atoms with Crippen molar-refractivity contribution in [3.05, 3.63) is 47.3 Å². The van der Waals surface area contributed by atoms with Crippen molar-refractivity contribution in [2.45, 2.75) is 20.4 Å². The van der Waals surface area contributed by atoms with E-state index in [1.165, 1.54) is 0 Å². The quantitative estimate of drug-likeness (QED) is 0.850. The second-order valence-corrected chi connectivity index (χ2v) is 4.16. The first-order chi connectivity index (χ1) is 9.15. The van der Waals surface area contributed by atoms with Crippen molar-refractivity contribution in [2.75, 3.05) is 6.61 Å². The molecule has 0 bridgehead atoms. The number of aryl methyl sites for hydroxylation is 1. The molecule has 0 aliphatic carbocycles. The van der Waals surface area contributed by atoms with E-state index in [9.17, 15) is 4.79 Å². The fourth-order valence-electron chi connectivity index (χ4n) is 1.79. The van der Waals surface area contributed by atoms with Gasteiger partial charge in [-0.15, -0.1) is 0 Å². The van der Waals surface area contributed by atoms with Crippen molar-refractivity contribution < 1.29 is 9.53 Å². The number of carbonyl (C=O) groups is 1. The smallest absolute Gasteiger partial charge is 0.338 e. The molecular formula is C14H17N3O2. The summed E-state index contributed by atoms with van der Waals surface area (Å²) in [5.74, 6) is -0.312. The van der Waals surface area contributed by atoms with Crippen LogP contribution >= 0.6 is 0 Å². The molecule has 5 heteroatoms. The molecule has 5 nitrogen and oxygen atoms in total. The third kappa shape index (κ3) is 2.82. The van der Waals surface area contributed by atoms with Gasteiger partial charge in [0.05, 0.1) is 23.6 Å². The topological polar surface area (TPSA) is 70.1 Å².